The summed E-state index contributed by atoms with van der Waals surface area (Å²) in [5, 5.41) is 9.04. The molecular formula is C13H19NO3. The zero-order valence-corrected chi connectivity index (χ0v) is 10.1. The monoisotopic (exact) mass is 237 g/mol. The third-order valence-electron chi connectivity index (χ3n) is 2.98. The minimum Gasteiger partial charge on any atom is -0.493 e. The Kier molecular flexibility index (Phi) is 3.86. The van der Waals surface area contributed by atoms with Crippen LogP contribution in [0, 0.1) is 5.92 Å². The highest BCUT2D eigenvalue weighted by Gasteiger charge is 2.22. The SMILES string of the molecule is COc1ccc(C(N)CO)cc1OCC1CC1. The summed E-state index contributed by atoms with van der Waals surface area (Å²) in [7, 11) is 1.62. The number of ether oxygens (including phenoxy) is 2. The molecule has 0 radical (unpaired) electrons. The Labute approximate surface area is 101 Å². The van der Waals surface area contributed by atoms with E-state index < -0.39 is 0 Å². The van der Waals surface area contributed by atoms with Crippen LogP contribution in [0.25, 0.3) is 0 Å². The Morgan fingerprint density at radius 2 is 2.18 bits per heavy atom. The van der Waals surface area contributed by atoms with E-state index in [1.54, 1.807) is 7.11 Å². The summed E-state index contributed by atoms with van der Waals surface area (Å²) in [6, 6.07) is 5.16. The smallest absolute Gasteiger partial charge is 0.161 e. The van der Waals surface area contributed by atoms with Gasteiger partial charge in [0.15, 0.2) is 11.5 Å². The van der Waals surface area contributed by atoms with Crippen LogP contribution in [-0.4, -0.2) is 25.4 Å². The van der Waals surface area contributed by atoms with Crippen molar-refractivity contribution < 1.29 is 14.6 Å². The van der Waals surface area contributed by atoms with Gasteiger partial charge in [-0.15, -0.1) is 0 Å². The first kappa shape index (κ1) is 12.2. The number of rotatable bonds is 6. The number of aliphatic hydroxyl groups is 1. The Morgan fingerprint density at radius 3 is 2.76 bits per heavy atom. The highest BCUT2D eigenvalue weighted by Crippen LogP contribution is 2.34. The quantitative estimate of drug-likeness (QED) is 0.786. The van der Waals surface area contributed by atoms with E-state index in [0.29, 0.717) is 17.4 Å². The van der Waals surface area contributed by atoms with Crippen molar-refractivity contribution in [3.05, 3.63) is 23.8 Å². The van der Waals surface area contributed by atoms with Gasteiger partial charge in [0, 0.05) is 0 Å². The lowest BCUT2D eigenvalue weighted by Gasteiger charge is -2.14. The van der Waals surface area contributed by atoms with Gasteiger partial charge >= 0.3 is 0 Å². The molecule has 1 atom stereocenters. The molecule has 0 heterocycles. The van der Waals surface area contributed by atoms with Crippen LogP contribution < -0.4 is 15.2 Å². The molecule has 1 unspecified atom stereocenters. The molecule has 4 nitrogen and oxygen atoms in total. The van der Waals surface area contributed by atoms with Crippen LogP contribution in [-0.2, 0) is 0 Å². The third-order valence-corrected chi connectivity index (χ3v) is 2.98. The van der Waals surface area contributed by atoms with Crippen LogP contribution in [0.15, 0.2) is 18.2 Å². The van der Waals surface area contributed by atoms with Crippen molar-refractivity contribution in [1.82, 2.24) is 0 Å². The summed E-state index contributed by atoms with van der Waals surface area (Å²) in [4.78, 5) is 0. The fourth-order valence-electron chi connectivity index (χ4n) is 1.63. The lowest BCUT2D eigenvalue weighted by Crippen LogP contribution is -2.14. The fraction of sp³-hybridized carbons (Fsp3) is 0.538. The molecule has 2 rings (SSSR count). The largest absolute Gasteiger partial charge is 0.493 e. The molecule has 1 aliphatic rings. The summed E-state index contributed by atoms with van der Waals surface area (Å²) in [5.41, 5.74) is 6.64. The van der Waals surface area contributed by atoms with Crippen molar-refractivity contribution in [2.75, 3.05) is 20.3 Å². The maximum atomic E-state index is 9.04. The van der Waals surface area contributed by atoms with E-state index in [0.717, 1.165) is 12.2 Å². The van der Waals surface area contributed by atoms with Crippen LogP contribution in [0.4, 0.5) is 0 Å². The lowest BCUT2D eigenvalue weighted by molar-refractivity contribution is 0.264. The standard InChI is InChI=1S/C13H19NO3/c1-16-12-5-4-10(11(14)7-15)6-13(12)17-8-9-2-3-9/h4-6,9,11,15H,2-3,7-8,14H2,1H3. The molecule has 17 heavy (non-hydrogen) atoms. The average Bonchev–Trinajstić information content (AvgIpc) is 3.19. The second-order valence-corrected chi connectivity index (χ2v) is 4.45. The first-order valence-corrected chi connectivity index (χ1v) is 5.91. The number of nitrogens with two attached hydrogens (primary N) is 1. The Bertz CT molecular complexity index is 377. The maximum absolute atomic E-state index is 9.04. The van der Waals surface area contributed by atoms with Gasteiger partial charge in [0.2, 0.25) is 0 Å². The number of hydrogen-bond acceptors (Lipinski definition) is 4. The molecule has 3 N–H and O–H groups in total. The van der Waals surface area contributed by atoms with Crippen LogP contribution in [0.3, 0.4) is 0 Å². The van der Waals surface area contributed by atoms with Crippen molar-refractivity contribution in [3.63, 3.8) is 0 Å². The summed E-state index contributed by atoms with van der Waals surface area (Å²) >= 11 is 0. The van der Waals surface area contributed by atoms with E-state index in [1.807, 2.05) is 18.2 Å². The minimum absolute atomic E-state index is 0.0750. The molecule has 1 aliphatic carbocycles. The van der Waals surface area contributed by atoms with E-state index in [4.69, 9.17) is 20.3 Å². The van der Waals surface area contributed by atoms with Gasteiger partial charge < -0.3 is 20.3 Å². The van der Waals surface area contributed by atoms with E-state index in [9.17, 15) is 0 Å². The molecule has 4 heteroatoms. The highest BCUT2D eigenvalue weighted by atomic mass is 16.5. The molecule has 0 aliphatic heterocycles. The first-order chi connectivity index (χ1) is 8.24. The third kappa shape index (κ3) is 3.11. The van der Waals surface area contributed by atoms with Crippen LogP contribution in [0.2, 0.25) is 0 Å². The van der Waals surface area contributed by atoms with Gasteiger partial charge in [-0.2, -0.15) is 0 Å². The van der Waals surface area contributed by atoms with Crippen LogP contribution >= 0.6 is 0 Å². The molecule has 0 aromatic heterocycles. The zero-order chi connectivity index (χ0) is 12.3. The van der Waals surface area contributed by atoms with Gasteiger partial charge in [-0.05, 0) is 36.5 Å². The van der Waals surface area contributed by atoms with E-state index >= 15 is 0 Å². The zero-order valence-electron chi connectivity index (χ0n) is 10.1. The molecule has 1 saturated carbocycles. The normalized spacial score (nSPS) is 16.6. The average molecular weight is 237 g/mol. The van der Waals surface area contributed by atoms with E-state index in [-0.39, 0.29) is 12.6 Å². The van der Waals surface area contributed by atoms with E-state index in [2.05, 4.69) is 0 Å². The predicted molar refractivity (Wildman–Crippen MR) is 65.2 cm³/mol. The Balaban J connectivity index is 2.12. The topological polar surface area (TPSA) is 64.7 Å². The summed E-state index contributed by atoms with van der Waals surface area (Å²) in [5.74, 6) is 2.11. The lowest BCUT2D eigenvalue weighted by atomic mass is 10.1. The van der Waals surface area contributed by atoms with Crippen molar-refractivity contribution in [3.8, 4) is 11.5 Å². The van der Waals surface area contributed by atoms with Gasteiger partial charge in [-0.1, -0.05) is 6.07 Å². The second-order valence-electron chi connectivity index (χ2n) is 4.45. The molecule has 0 amide bonds. The van der Waals surface area contributed by atoms with Gasteiger partial charge in [-0.3, -0.25) is 0 Å². The number of aliphatic hydroxyl groups excluding tert-OH is 1. The van der Waals surface area contributed by atoms with Gasteiger partial charge in [-0.25, -0.2) is 0 Å². The van der Waals surface area contributed by atoms with Crippen molar-refractivity contribution in [2.24, 2.45) is 11.7 Å². The van der Waals surface area contributed by atoms with Crippen LogP contribution in [0.1, 0.15) is 24.4 Å². The molecule has 0 bridgehead atoms. The predicted octanol–water partition coefficient (Wildman–Crippen LogP) is 1.48. The number of methoxy groups -OCH3 is 1. The van der Waals surface area contributed by atoms with E-state index in [1.165, 1.54) is 12.8 Å². The molecule has 1 fully saturated rings. The van der Waals surface area contributed by atoms with Crippen LogP contribution in [0.5, 0.6) is 11.5 Å². The second kappa shape index (κ2) is 5.38. The van der Waals surface area contributed by atoms with Gasteiger partial charge in [0.25, 0.3) is 0 Å². The maximum Gasteiger partial charge on any atom is 0.161 e. The van der Waals surface area contributed by atoms with Crippen molar-refractivity contribution in [1.29, 1.82) is 0 Å². The molecule has 1 aromatic rings. The highest BCUT2D eigenvalue weighted by molar-refractivity contribution is 5.43. The van der Waals surface area contributed by atoms with Crippen molar-refractivity contribution >= 4 is 0 Å². The van der Waals surface area contributed by atoms with Crippen molar-refractivity contribution in [2.45, 2.75) is 18.9 Å². The van der Waals surface area contributed by atoms with Gasteiger partial charge in [0.1, 0.15) is 0 Å². The fourth-order valence-corrected chi connectivity index (χ4v) is 1.63. The first-order valence-electron chi connectivity index (χ1n) is 5.91. The molecule has 0 spiro atoms. The van der Waals surface area contributed by atoms with Gasteiger partial charge in [0.05, 0.1) is 26.4 Å². The molecular weight excluding hydrogens is 218 g/mol. The summed E-state index contributed by atoms with van der Waals surface area (Å²) < 4.78 is 11.0. The molecule has 0 saturated heterocycles. The minimum atomic E-state index is -0.371. The number of benzene rings is 1. The number of hydrogen-bond donors (Lipinski definition) is 2. The summed E-state index contributed by atoms with van der Waals surface area (Å²) in [6.07, 6.45) is 2.50. The Hall–Kier alpha value is -1.26. The Morgan fingerprint density at radius 1 is 1.41 bits per heavy atom. The summed E-state index contributed by atoms with van der Waals surface area (Å²) in [6.45, 7) is 0.655. The molecule has 1 aromatic carbocycles. The molecule has 94 valence electrons.